The average molecular weight is 339 g/mol. The number of rotatable bonds is 5. The van der Waals surface area contributed by atoms with Gasteiger partial charge in [0.15, 0.2) is 0 Å². The molecular weight excluding hydrogens is 314 g/mol. The van der Waals surface area contributed by atoms with Crippen molar-refractivity contribution in [1.82, 2.24) is 10.6 Å². The molecule has 3 N–H and O–H groups in total. The Balaban J connectivity index is 1.98. The number of hydrogen-bond donors (Lipinski definition) is 3. The average Bonchev–Trinajstić information content (AvgIpc) is 2.54. The second kappa shape index (κ2) is 8.33. The zero-order valence-electron chi connectivity index (χ0n) is 15.1. The number of carbonyl (C=O) groups excluding carboxylic acids is 2. The molecular formula is C20H25N3O2. The highest BCUT2D eigenvalue weighted by molar-refractivity contribution is 5.88. The van der Waals surface area contributed by atoms with Crippen LogP contribution in [-0.2, 0) is 4.79 Å². The highest BCUT2D eigenvalue weighted by atomic mass is 16.2. The Kier molecular flexibility index (Phi) is 6.17. The van der Waals surface area contributed by atoms with E-state index in [9.17, 15) is 9.59 Å². The summed E-state index contributed by atoms with van der Waals surface area (Å²) in [4.78, 5) is 23.5. The SMILES string of the molecule is CC(=O)Nc1cccc(C(C)NC(=O)NC(C)c2ccccc2C)c1. The molecule has 0 radical (unpaired) electrons. The van der Waals surface area contributed by atoms with Crippen LogP contribution in [0.2, 0.25) is 0 Å². The molecule has 132 valence electrons. The van der Waals surface area contributed by atoms with Gasteiger partial charge in [-0.3, -0.25) is 4.79 Å². The largest absolute Gasteiger partial charge is 0.332 e. The Morgan fingerprint density at radius 3 is 2.28 bits per heavy atom. The van der Waals surface area contributed by atoms with Crippen LogP contribution in [0.15, 0.2) is 48.5 Å². The van der Waals surface area contributed by atoms with Gasteiger partial charge in [0.25, 0.3) is 0 Å². The minimum atomic E-state index is -0.229. The fourth-order valence-corrected chi connectivity index (χ4v) is 2.76. The van der Waals surface area contributed by atoms with Gasteiger partial charge in [-0.05, 0) is 49.6 Å². The third-order valence-electron chi connectivity index (χ3n) is 4.06. The topological polar surface area (TPSA) is 70.2 Å². The van der Waals surface area contributed by atoms with Crippen molar-refractivity contribution in [2.45, 2.75) is 39.8 Å². The lowest BCUT2D eigenvalue weighted by Gasteiger charge is -2.20. The molecule has 0 saturated carbocycles. The third kappa shape index (κ3) is 5.35. The van der Waals surface area contributed by atoms with E-state index in [0.29, 0.717) is 5.69 Å². The molecule has 0 fully saturated rings. The summed E-state index contributed by atoms with van der Waals surface area (Å²) < 4.78 is 0. The molecule has 2 unspecified atom stereocenters. The van der Waals surface area contributed by atoms with Crippen LogP contribution in [0, 0.1) is 6.92 Å². The van der Waals surface area contributed by atoms with Crippen molar-refractivity contribution in [3.8, 4) is 0 Å². The smallest absolute Gasteiger partial charge is 0.315 e. The first-order valence-electron chi connectivity index (χ1n) is 8.37. The maximum atomic E-state index is 12.3. The van der Waals surface area contributed by atoms with E-state index in [1.807, 2.05) is 69.3 Å². The van der Waals surface area contributed by atoms with Crippen molar-refractivity contribution in [3.05, 3.63) is 65.2 Å². The van der Waals surface area contributed by atoms with Crippen molar-refractivity contribution in [1.29, 1.82) is 0 Å². The summed E-state index contributed by atoms with van der Waals surface area (Å²) in [5.74, 6) is -0.123. The Hall–Kier alpha value is -2.82. The number of hydrogen-bond acceptors (Lipinski definition) is 2. The summed E-state index contributed by atoms with van der Waals surface area (Å²) in [5.41, 5.74) is 3.88. The predicted molar refractivity (Wildman–Crippen MR) is 100 cm³/mol. The molecule has 2 aromatic carbocycles. The minimum absolute atomic E-state index is 0.0842. The summed E-state index contributed by atoms with van der Waals surface area (Å²) in [6.07, 6.45) is 0. The molecule has 0 aliphatic heterocycles. The number of anilines is 1. The zero-order valence-corrected chi connectivity index (χ0v) is 15.1. The van der Waals surface area contributed by atoms with Gasteiger partial charge in [0, 0.05) is 12.6 Å². The molecule has 2 rings (SSSR count). The second-order valence-electron chi connectivity index (χ2n) is 6.22. The lowest BCUT2D eigenvalue weighted by atomic mass is 10.0. The molecule has 3 amide bonds. The van der Waals surface area contributed by atoms with E-state index >= 15 is 0 Å². The summed E-state index contributed by atoms with van der Waals surface area (Å²) in [7, 11) is 0. The minimum Gasteiger partial charge on any atom is -0.332 e. The maximum absolute atomic E-state index is 12.3. The molecule has 0 aliphatic carbocycles. The zero-order chi connectivity index (χ0) is 18.4. The van der Waals surface area contributed by atoms with Gasteiger partial charge in [-0.15, -0.1) is 0 Å². The van der Waals surface area contributed by atoms with Crippen LogP contribution in [0.4, 0.5) is 10.5 Å². The highest BCUT2D eigenvalue weighted by Gasteiger charge is 2.14. The van der Waals surface area contributed by atoms with Gasteiger partial charge in [0.05, 0.1) is 12.1 Å². The normalized spacial score (nSPS) is 12.8. The number of aryl methyl sites for hydroxylation is 1. The molecule has 2 atom stereocenters. The summed E-state index contributed by atoms with van der Waals surface area (Å²) >= 11 is 0. The quantitative estimate of drug-likeness (QED) is 0.768. The fourth-order valence-electron chi connectivity index (χ4n) is 2.76. The number of nitrogens with one attached hydrogen (secondary N) is 3. The monoisotopic (exact) mass is 339 g/mol. The first-order valence-corrected chi connectivity index (χ1v) is 8.37. The van der Waals surface area contributed by atoms with Crippen LogP contribution in [0.1, 0.15) is 49.5 Å². The summed E-state index contributed by atoms with van der Waals surface area (Å²) in [6, 6.07) is 14.9. The van der Waals surface area contributed by atoms with Crippen molar-refractivity contribution in [2.24, 2.45) is 0 Å². The van der Waals surface area contributed by atoms with Gasteiger partial charge >= 0.3 is 6.03 Å². The van der Waals surface area contributed by atoms with Crippen molar-refractivity contribution < 1.29 is 9.59 Å². The molecule has 0 heterocycles. The van der Waals surface area contributed by atoms with E-state index in [0.717, 1.165) is 16.7 Å². The van der Waals surface area contributed by atoms with Gasteiger partial charge in [-0.1, -0.05) is 36.4 Å². The van der Waals surface area contributed by atoms with Crippen molar-refractivity contribution in [2.75, 3.05) is 5.32 Å². The van der Waals surface area contributed by atoms with Crippen LogP contribution in [0.3, 0.4) is 0 Å². The van der Waals surface area contributed by atoms with Gasteiger partial charge in [-0.25, -0.2) is 4.79 Å². The predicted octanol–water partition coefficient (Wildman–Crippen LogP) is 4.07. The molecule has 5 heteroatoms. The first-order chi connectivity index (χ1) is 11.9. The Morgan fingerprint density at radius 1 is 0.920 bits per heavy atom. The van der Waals surface area contributed by atoms with E-state index in [1.165, 1.54) is 6.92 Å². The molecule has 0 bridgehead atoms. The molecule has 0 saturated heterocycles. The molecule has 25 heavy (non-hydrogen) atoms. The van der Waals surface area contributed by atoms with E-state index in [4.69, 9.17) is 0 Å². The van der Waals surface area contributed by atoms with Gasteiger partial charge in [-0.2, -0.15) is 0 Å². The lowest BCUT2D eigenvalue weighted by molar-refractivity contribution is -0.114. The number of urea groups is 1. The highest BCUT2D eigenvalue weighted by Crippen LogP contribution is 2.19. The lowest BCUT2D eigenvalue weighted by Crippen LogP contribution is -2.38. The van der Waals surface area contributed by atoms with Crippen LogP contribution < -0.4 is 16.0 Å². The molecule has 2 aromatic rings. The van der Waals surface area contributed by atoms with Crippen LogP contribution >= 0.6 is 0 Å². The first kappa shape index (κ1) is 18.5. The maximum Gasteiger partial charge on any atom is 0.315 e. The Labute approximate surface area is 148 Å². The third-order valence-corrected chi connectivity index (χ3v) is 4.06. The van der Waals surface area contributed by atoms with E-state index in [-0.39, 0.29) is 24.0 Å². The van der Waals surface area contributed by atoms with Crippen molar-refractivity contribution in [3.63, 3.8) is 0 Å². The molecule has 0 aliphatic rings. The molecule has 0 aromatic heterocycles. The standard InChI is InChI=1S/C20H25N3O2/c1-13-8-5-6-11-19(13)15(3)22-20(25)21-14(2)17-9-7-10-18(12-17)23-16(4)24/h5-12,14-15H,1-4H3,(H,23,24)(H2,21,22,25). The van der Waals surface area contributed by atoms with Crippen molar-refractivity contribution >= 4 is 17.6 Å². The van der Waals surface area contributed by atoms with Gasteiger partial charge in [0.1, 0.15) is 0 Å². The number of amides is 3. The van der Waals surface area contributed by atoms with Crippen LogP contribution in [0.5, 0.6) is 0 Å². The van der Waals surface area contributed by atoms with Crippen LogP contribution in [0.25, 0.3) is 0 Å². The Morgan fingerprint density at radius 2 is 1.60 bits per heavy atom. The molecule has 5 nitrogen and oxygen atoms in total. The van der Waals surface area contributed by atoms with Gasteiger partial charge < -0.3 is 16.0 Å². The van der Waals surface area contributed by atoms with Gasteiger partial charge in [0.2, 0.25) is 5.91 Å². The molecule has 0 spiro atoms. The second-order valence-corrected chi connectivity index (χ2v) is 6.22. The number of benzene rings is 2. The fraction of sp³-hybridized carbons (Fsp3) is 0.300. The Bertz CT molecular complexity index is 758. The van der Waals surface area contributed by atoms with E-state index in [1.54, 1.807) is 0 Å². The van der Waals surface area contributed by atoms with E-state index in [2.05, 4.69) is 16.0 Å². The van der Waals surface area contributed by atoms with Crippen LogP contribution in [-0.4, -0.2) is 11.9 Å². The number of carbonyl (C=O) groups is 2. The summed E-state index contributed by atoms with van der Waals surface area (Å²) in [5, 5.41) is 8.64. The summed E-state index contributed by atoms with van der Waals surface area (Å²) in [6.45, 7) is 7.37. The van der Waals surface area contributed by atoms with E-state index < -0.39 is 0 Å².